The number of carbonyl (C=O) groups is 1. The van der Waals surface area contributed by atoms with Gasteiger partial charge < -0.3 is 28.8 Å². The molecule has 1 aromatic heterocycles. The number of carbonyl (C=O) groups excluding carboxylic acids is 1. The highest BCUT2D eigenvalue weighted by Crippen LogP contribution is 2.38. The maximum absolute atomic E-state index is 14.5. The number of amides is 1. The van der Waals surface area contributed by atoms with Crippen molar-refractivity contribution in [2.24, 2.45) is 13.0 Å². The fraction of sp³-hybridized carbons (Fsp3) is 0.382. The minimum absolute atomic E-state index is 0.00514. The molecule has 0 aliphatic carbocycles. The van der Waals surface area contributed by atoms with E-state index in [-0.39, 0.29) is 37.4 Å². The third-order valence-corrected chi connectivity index (χ3v) is 8.61. The molecule has 1 amide bonds. The number of rotatable bonds is 6. The van der Waals surface area contributed by atoms with Gasteiger partial charge in [-0.3, -0.25) is 9.69 Å². The van der Waals surface area contributed by atoms with E-state index in [0.717, 1.165) is 44.7 Å². The Kier molecular flexibility index (Phi) is 7.94. The highest BCUT2D eigenvalue weighted by Gasteiger charge is 2.33. The summed E-state index contributed by atoms with van der Waals surface area (Å²) in [5, 5.41) is 11.3. The summed E-state index contributed by atoms with van der Waals surface area (Å²) in [7, 11) is 4.04. The normalized spacial score (nSPS) is 19.5. The van der Waals surface area contributed by atoms with Crippen molar-refractivity contribution in [2.45, 2.75) is 39.1 Å². The van der Waals surface area contributed by atoms with Crippen LogP contribution in [0.4, 0.5) is 0 Å². The predicted octanol–water partition coefficient (Wildman–Crippen LogP) is 5.06. The Morgan fingerprint density at radius 1 is 1.05 bits per heavy atom. The molecule has 0 radical (unpaired) electrons. The smallest absolute Gasteiger partial charge is 0.271 e. The van der Waals surface area contributed by atoms with E-state index in [1.54, 1.807) is 0 Å². The van der Waals surface area contributed by atoms with Crippen LogP contribution in [0.2, 0.25) is 0 Å². The molecule has 0 fully saturated rings. The van der Waals surface area contributed by atoms with E-state index in [9.17, 15) is 9.90 Å². The number of para-hydroxylation sites is 1. The number of ether oxygens (including phenoxy) is 3. The van der Waals surface area contributed by atoms with Gasteiger partial charge in [-0.15, -0.1) is 0 Å². The van der Waals surface area contributed by atoms with Crippen molar-refractivity contribution in [3.63, 3.8) is 0 Å². The van der Waals surface area contributed by atoms with Gasteiger partial charge in [0.25, 0.3) is 5.91 Å². The van der Waals surface area contributed by atoms with E-state index in [1.807, 2.05) is 59.8 Å². The Hall–Kier alpha value is -3.85. The first-order chi connectivity index (χ1) is 20.4. The Morgan fingerprint density at radius 3 is 2.64 bits per heavy atom. The maximum Gasteiger partial charge on any atom is 0.271 e. The molecular weight excluding hydrogens is 530 g/mol. The molecule has 3 aromatic carbocycles. The maximum atomic E-state index is 14.5. The van der Waals surface area contributed by atoms with Crippen molar-refractivity contribution in [3.05, 3.63) is 83.6 Å². The number of fused-ring (bicyclic) bond motifs is 6. The van der Waals surface area contributed by atoms with Crippen LogP contribution < -0.4 is 9.47 Å². The van der Waals surface area contributed by atoms with Crippen molar-refractivity contribution in [1.29, 1.82) is 0 Å². The summed E-state index contributed by atoms with van der Waals surface area (Å²) >= 11 is 0. The molecule has 0 saturated heterocycles. The number of nitrogens with zero attached hydrogens (tertiary/aromatic N) is 3. The van der Waals surface area contributed by atoms with Gasteiger partial charge in [0.1, 0.15) is 5.69 Å². The number of aromatic nitrogens is 1. The van der Waals surface area contributed by atoms with Crippen molar-refractivity contribution in [3.8, 4) is 22.6 Å². The first-order valence-electron chi connectivity index (χ1n) is 14.6. The monoisotopic (exact) mass is 569 g/mol. The molecule has 6 rings (SSSR count). The third-order valence-electron chi connectivity index (χ3n) is 8.61. The van der Waals surface area contributed by atoms with Crippen LogP contribution in [-0.2, 0) is 24.9 Å². The van der Waals surface area contributed by atoms with Crippen LogP contribution in [0.1, 0.15) is 35.5 Å². The second-order valence-electron chi connectivity index (χ2n) is 11.7. The number of hydrogen-bond donors (Lipinski definition) is 1. The molecule has 0 spiro atoms. The lowest BCUT2D eigenvalue weighted by Crippen LogP contribution is -2.47. The van der Waals surface area contributed by atoms with Crippen LogP contribution in [0, 0.1) is 5.92 Å². The molecule has 3 heterocycles. The highest BCUT2D eigenvalue weighted by atomic mass is 16.7. The Morgan fingerprint density at radius 2 is 1.81 bits per heavy atom. The molecule has 1 N–H and O–H groups in total. The van der Waals surface area contributed by atoms with Crippen LogP contribution in [0.25, 0.3) is 22.0 Å². The van der Waals surface area contributed by atoms with Gasteiger partial charge in [0.05, 0.1) is 25.4 Å². The molecule has 8 heteroatoms. The zero-order valence-corrected chi connectivity index (χ0v) is 24.7. The summed E-state index contributed by atoms with van der Waals surface area (Å²) in [6, 6.07) is 22.1. The number of aliphatic hydroxyl groups is 1. The van der Waals surface area contributed by atoms with Crippen molar-refractivity contribution >= 4 is 16.8 Å². The van der Waals surface area contributed by atoms with Gasteiger partial charge in [-0.1, -0.05) is 55.5 Å². The van der Waals surface area contributed by atoms with E-state index in [0.29, 0.717) is 31.9 Å². The summed E-state index contributed by atoms with van der Waals surface area (Å²) in [5.41, 5.74) is 5.71. The minimum Gasteiger partial charge on any atom is -0.454 e. The molecule has 0 bridgehead atoms. The standard InChI is InChI=1S/C34H39N3O5/c1-22-16-37(23(2)19-38)34(39)33-32(27-11-7-8-12-28(27)36(33)4)26-10-6-5-9-25(26)20-40-31(22)18-35(3)17-24-13-14-29-30(15-24)42-21-41-29/h5-15,22-23,31,38H,16-21H2,1-4H3/t22-,23-,31+/m1/s1. The summed E-state index contributed by atoms with van der Waals surface area (Å²) in [6.07, 6.45) is -0.156. The Balaban J connectivity index is 1.37. The SMILES string of the molecule is C[C@@H]1CN([C@H](C)CO)C(=O)c2c(c3ccccc3n2C)-c2ccccc2CO[C@H]1CN(C)Cc1ccc2c(c1)OCO2. The molecule has 3 atom stereocenters. The molecule has 220 valence electrons. The average molecular weight is 570 g/mol. The van der Waals surface area contributed by atoms with Gasteiger partial charge in [-0.2, -0.15) is 0 Å². The molecule has 2 aliphatic heterocycles. The second kappa shape index (κ2) is 11.8. The zero-order valence-electron chi connectivity index (χ0n) is 24.7. The van der Waals surface area contributed by atoms with E-state index in [1.165, 1.54) is 0 Å². The molecule has 2 aliphatic rings. The lowest BCUT2D eigenvalue weighted by Gasteiger charge is -2.35. The van der Waals surface area contributed by atoms with Gasteiger partial charge >= 0.3 is 0 Å². The largest absolute Gasteiger partial charge is 0.454 e. The van der Waals surface area contributed by atoms with E-state index < -0.39 is 0 Å². The summed E-state index contributed by atoms with van der Waals surface area (Å²) < 4.78 is 19.8. The van der Waals surface area contributed by atoms with E-state index >= 15 is 0 Å². The van der Waals surface area contributed by atoms with Crippen LogP contribution >= 0.6 is 0 Å². The van der Waals surface area contributed by atoms with Crippen LogP contribution in [0.5, 0.6) is 11.5 Å². The highest BCUT2D eigenvalue weighted by molar-refractivity contribution is 6.10. The molecule has 0 unspecified atom stereocenters. The number of hydrogen-bond acceptors (Lipinski definition) is 6. The van der Waals surface area contributed by atoms with Gasteiger partial charge in [-0.05, 0) is 48.9 Å². The molecule has 8 nitrogen and oxygen atoms in total. The van der Waals surface area contributed by atoms with Crippen molar-refractivity contribution in [1.82, 2.24) is 14.4 Å². The number of aryl methyl sites for hydroxylation is 1. The summed E-state index contributed by atoms with van der Waals surface area (Å²) in [6.45, 7) is 6.44. The molecule has 42 heavy (non-hydrogen) atoms. The Labute approximate surface area is 247 Å². The summed E-state index contributed by atoms with van der Waals surface area (Å²) in [5.74, 6) is 1.47. The zero-order chi connectivity index (χ0) is 29.4. The number of benzene rings is 3. The Bertz CT molecular complexity index is 1600. The van der Waals surface area contributed by atoms with E-state index in [4.69, 9.17) is 14.2 Å². The number of likely N-dealkylation sites (N-methyl/N-ethyl adjacent to an activating group) is 1. The fourth-order valence-electron chi connectivity index (χ4n) is 6.25. The quantitative estimate of drug-likeness (QED) is 0.350. The fourth-order valence-corrected chi connectivity index (χ4v) is 6.25. The van der Waals surface area contributed by atoms with Gasteiger partial charge in [-0.25, -0.2) is 0 Å². The summed E-state index contributed by atoms with van der Waals surface area (Å²) in [4.78, 5) is 18.6. The van der Waals surface area contributed by atoms with Crippen LogP contribution in [0.3, 0.4) is 0 Å². The molecule has 0 saturated carbocycles. The van der Waals surface area contributed by atoms with E-state index in [2.05, 4.69) is 49.2 Å². The van der Waals surface area contributed by atoms with Crippen molar-refractivity contribution < 1.29 is 24.1 Å². The lowest BCUT2D eigenvalue weighted by atomic mass is 9.96. The van der Waals surface area contributed by atoms with Crippen molar-refractivity contribution in [2.75, 3.05) is 33.5 Å². The topological polar surface area (TPSA) is 76.4 Å². The van der Waals surface area contributed by atoms with Crippen LogP contribution in [0.15, 0.2) is 66.7 Å². The minimum atomic E-state index is -0.353. The predicted molar refractivity (Wildman–Crippen MR) is 163 cm³/mol. The van der Waals surface area contributed by atoms with Gasteiger partial charge in [0.15, 0.2) is 11.5 Å². The van der Waals surface area contributed by atoms with Gasteiger partial charge in [0, 0.05) is 49.1 Å². The lowest BCUT2D eigenvalue weighted by molar-refractivity contribution is -0.0242. The number of aliphatic hydroxyl groups excluding tert-OH is 1. The first kappa shape index (κ1) is 28.3. The molecular formula is C34H39N3O5. The third kappa shape index (κ3) is 5.26. The molecule has 4 aromatic rings. The van der Waals surface area contributed by atoms with Gasteiger partial charge in [0.2, 0.25) is 6.79 Å². The first-order valence-corrected chi connectivity index (χ1v) is 14.6. The second-order valence-corrected chi connectivity index (χ2v) is 11.7. The van der Waals surface area contributed by atoms with Crippen LogP contribution in [-0.4, -0.2) is 71.1 Å². The average Bonchev–Trinajstić information content (AvgIpc) is 3.58.